The summed E-state index contributed by atoms with van der Waals surface area (Å²) in [7, 11) is 1.81. The molecule has 2 rings (SSSR count). The number of aryl methyl sites for hydroxylation is 1. The van der Waals surface area contributed by atoms with Gasteiger partial charge in [-0.3, -0.25) is 4.68 Å². The van der Waals surface area contributed by atoms with Gasteiger partial charge >= 0.3 is 0 Å². The smallest absolute Gasteiger partial charge is 0.0858 e. The molecule has 0 bridgehead atoms. The zero-order valence-electron chi connectivity index (χ0n) is 9.14. The molecule has 0 saturated carbocycles. The number of rotatable bonds is 3. The van der Waals surface area contributed by atoms with Gasteiger partial charge in [-0.1, -0.05) is 21.1 Å². The molecule has 17 heavy (non-hydrogen) atoms. The summed E-state index contributed by atoms with van der Waals surface area (Å²) in [6.07, 6.45) is 1.70. The second-order valence-electron chi connectivity index (χ2n) is 3.77. The van der Waals surface area contributed by atoms with Gasteiger partial charge in [-0.15, -0.1) is 5.10 Å². The van der Waals surface area contributed by atoms with E-state index >= 15 is 0 Å². The first kappa shape index (κ1) is 13.0. The molecular weight excluding hydrogens is 397 g/mol. The van der Waals surface area contributed by atoms with E-state index in [1.165, 1.54) is 0 Å². The van der Waals surface area contributed by atoms with Gasteiger partial charge in [0.1, 0.15) is 0 Å². The van der Waals surface area contributed by atoms with Crippen molar-refractivity contribution in [1.82, 2.24) is 15.0 Å². The summed E-state index contributed by atoms with van der Waals surface area (Å²) in [5.74, 6) is 0. The van der Waals surface area contributed by atoms with Crippen LogP contribution in [0.3, 0.4) is 0 Å². The maximum atomic E-state index is 10.2. The van der Waals surface area contributed by atoms with Gasteiger partial charge in [-0.2, -0.15) is 0 Å². The molecule has 0 amide bonds. The highest BCUT2D eigenvalue weighted by Crippen LogP contribution is 2.27. The molecule has 0 radical (unpaired) electrons. The maximum Gasteiger partial charge on any atom is 0.0858 e. The van der Waals surface area contributed by atoms with E-state index in [0.717, 1.165) is 19.3 Å². The molecule has 1 heterocycles. The van der Waals surface area contributed by atoms with E-state index in [1.54, 1.807) is 4.68 Å². The van der Waals surface area contributed by atoms with Crippen molar-refractivity contribution < 1.29 is 5.11 Å². The summed E-state index contributed by atoms with van der Waals surface area (Å²) in [5, 5.41) is 18.0. The lowest BCUT2D eigenvalue weighted by Gasteiger charge is -2.11. The largest absolute Gasteiger partial charge is 0.388 e. The van der Waals surface area contributed by atoms with Crippen LogP contribution in [0.5, 0.6) is 0 Å². The molecular formula is C11H11BrIN3O. The van der Waals surface area contributed by atoms with Crippen LogP contribution in [0.25, 0.3) is 0 Å². The highest BCUT2D eigenvalue weighted by molar-refractivity contribution is 14.1. The second-order valence-corrected chi connectivity index (χ2v) is 5.87. The average molecular weight is 408 g/mol. The van der Waals surface area contributed by atoms with Gasteiger partial charge in [0.25, 0.3) is 0 Å². The van der Waals surface area contributed by atoms with Crippen molar-refractivity contribution >= 4 is 38.5 Å². The summed E-state index contributed by atoms with van der Waals surface area (Å²) >= 11 is 5.67. The molecule has 1 atom stereocenters. The minimum Gasteiger partial charge on any atom is -0.388 e. The van der Waals surface area contributed by atoms with E-state index in [2.05, 4.69) is 48.8 Å². The lowest BCUT2D eigenvalue weighted by atomic mass is 10.1. The van der Waals surface area contributed by atoms with E-state index in [1.807, 2.05) is 31.4 Å². The average Bonchev–Trinajstić information content (AvgIpc) is 2.67. The molecule has 1 N–H and O–H groups in total. The van der Waals surface area contributed by atoms with Crippen LogP contribution in [0.2, 0.25) is 0 Å². The third kappa shape index (κ3) is 3.26. The molecule has 0 aliphatic rings. The summed E-state index contributed by atoms with van der Waals surface area (Å²) in [5.41, 5.74) is 1.66. The van der Waals surface area contributed by atoms with Gasteiger partial charge in [0, 0.05) is 27.7 Å². The van der Waals surface area contributed by atoms with Crippen molar-refractivity contribution in [3.63, 3.8) is 0 Å². The fraction of sp³-hybridized carbons (Fsp3) is 0.273. The highest BCUT2D eigenvalue weighted by atomic mass is 127. The Morgan fingerprint density at radius 1 is 1.53 bits per heavy atom. The molecule has 0 aliphatic heterocycles. The number of benzene rings is 1. The number of aromatic nitrogens is 3. The van der Waals surface area contributed by atoms with Crippen LogP contribution in [-0.4, -0.2) is 20.1 Å². The Morgan fingerprint density at radius 3 is 2.94 bits per heavy atom. The summed E-state index contributed by atoms with van der Waals surface area (Å²) in [6, 6.07) is 5.89. The molecule has 1 aromatic carbocycles. The van der Waals surface area contributed by atoms with Crippen LogP contribution in [-0.2, 0) is 13.5 Å². The lowest BCUT2D eigenvalue weighted by molar-refractivity contribution is 0.176. The Labute approximate surface area is 121 Å². The van der Waals surface area contributed by atoms with Gasteiger partial charge in [-0.05, 0) is 46.4 Å². The number of halogens is 2. The SMILES string of the molecule is Cn1cc(CC(O)c2cc(I)ccc2Br)nn1. The highest BCUT2D eigenvalue weighted by Gasteiger charge is 2.14. The Bertz CT molecular complexity index is 529. The molecule has 1 unspecified atom stereocenters. The summed E-state index contributed by atoms with van der Waals surface area (Å²) in [4.78, 5) is 0. The minimum absolute atomic E-state index is 0.465. The molecule has 0 aliphatic carbocycles. The molecule has 4 nitrogen and oxygen atoms in total. The van der Waals surface area contributed by atoms with Gasteiger partial charge in [-0.25, -0.2) is 0 Å². The van der Waals surface area contributed by atoms with Crippen molar-refractivity contribution in [3.05, 3.63) is 43.7 Å². The number of aliphatic hydroxyl groups is 1. The molecule has 1 aromatic heterocycles. The van der Waals surface area contributed by atoms with Gasteiger partial charge in [0.2, 0.25) is 0 Å². The quantitative estimate of drug-likeness (QED) is 0.795. The first-order chi connectivity index (χ1) is 8.06. The number of aliphatic hydroxyl groups excluding tert-OH is 1. The normalized spacial score (nSPS) is 12.7. The predicted octanol–water partition coefficient (Wildman–Crippen LogP) is 2.46. The van der Waals surface area contributed by atoms with Crippen LogP contribution < -0.4 is 0 Å². The maximum absolute atomic E-state index is 10.2. The topological polar surface area (TPSA) is 50.9 Å². The van der Waals surface area contributed by atoms with E-state index in [-0.39, 0.29) is 0 Å². The fourth-order valence-corrected chi connectivity index (χ4v) is 2.59. The number of hydrogen-bond donors (Lipinski definition) is 1. The lowest BCUT2D eigenvalue weighted by Crippen LogP contribution is -2.03. The Hall–Kier alpha value is -0.470. The van der Waals surface area contributed by atoms with E-state index in [9.17, 15) is 5.11 Å². The molecule has 90 valence electrons. The van der Waals surface area contributed by atoms with E-state index in [0.29, 0.717) is 6.42 Å². The standard InChI is InChI=1S/C11H11BrIN3O/c1-16-6-8(14-15-16)5-11(17)9-4-7(13)2-3-10(9)12/h2-4,6,11,17H,5H2,1H3. The summed E-state index contributed by atoms with van der Waals surface area (Å²) < 4.78 is 3.64. The van der Waals surface area contributed by atoms with Gasteiger partial charge in [0.05, 0.1) is 11.8 Å². The van der Waals surface area contributed by atoms with Crippen LogP contribution in [0, 0.1) is 3.57 Å². The molecule has 0 spiro atoms. The predicted molar refractivity (Wildman–Crippen MR) is 76.5 cm³/mol. The molecule has 0 saturated heterocycles. The Balaban J connectivity index is 2.19. The minimum atomic E-state index is -0.573. The molecule has 0 fully saturated rings. The van der Waals surface area contributed by atoms with Crippen LogP contribution >= 0.6 is 38.5 Å². The van der Waals surface area contributed by atoms with Crippen molar-refractivity contribution in [2.75, 3.05) is 0 Å². The van der Waals surface area contributed by atoms with Crippen molar-refractivity contribution in [1.29, 1.82) is 0 Å². The third-order valence-electron chi connectivity index (χ3n) is 2.37. The molecule has 2 aromatic rings. The zero-order chi connectivity index (χ0) is 12.4. The zero-order valence-corrected chi connectivity index (χ0v) is 12.9. The van der Waals surface area contributed by atoms with E-state index in [4.69, 9.17) is 0 Å². The second kappa shape index (κ2) is 5.45. The first-order valence-corrected chi connectivity index (χ1v) is 6.91. The van der Waals surface area contributed by atoms with Crippen molar-refractivity contribution in [2.24, 2.45) is 7.05 Å². The first-order valence-electron chi connectivity index (χ1n) is 5.04. The van der Waals surface area contributed by atoms with Gasteiger partial charge < -0.3 is 5.11 Å². The van der Waals surface area contributed by atoms with Crippen LogP contribution in [0.4, 0.5) is 0 Å². The van der Waals surface area contributed by atoms with Crippen LogP contribution in [0.15, 0.2) is 28.9 Å². The monoisotopic (exact) mass is 407 g/mol. The van der Waals surface area contributed by atoms with Gasteiger partial charge in [0.15, 0.2) is 0 Å². The fourth-order valence-electron chi connectivity index (χ4n) is 1.57. The number of hydrogen-bond acceptors (Lipinski definition) is 3. The summed E-state index contributed by atoms with van der Waals surface area (Å²) in [6.45, 7) is 0. The Morgan fingerprint density at radius 2 is 2.29 bits per heavy atom. The molecule has 6 heteroatoms. The Kier molecular flexibility index (Phi) is 4.16. The van der Waals surface area contributed by atoms with Crippen molar-refractivity contribution in [3.8, 4) is 0 Å². The van der Waals surface area contributed by atoms with Crippen LogP contribution in [0.1, 0.15) is 17.4 Å². The van der Waals surface area contributed by atoms with Crippen molar-refractivity contribution in [2.45, 2.75) is 12.5 Å². The third-order valence-corrected chi connectivity index (χ3v) is 3.76. The number of nitrogens with zero attached hydrogens (tertiary/aromatic N) is 3. The van der Waals surface area contributed by atoms with E-state index < -0.39 is 6.10 Å².